The minimum atomic E-state index is -0.315. The highest BCUT2D eigenvalue weighted by atomic mass is 19.1. The maximum absolute atomic E-state index is 14.9. The highest BCUT2D eigenvalue weighted by Gasteiger charge is 2.34. The third kappa shape index (κ3) is 6.21. The van der Waals surface area contributed by atoms with Crippen LogP contribution < -0.4 is 19.9 Å². The van der Waals surface area contributed by atoms with E-state index in [1.165, 1.54) is 17.3 Å². The predicted molar refractivity (Wildman–Crippen MR) is 187 cm³/mol. The largest absolute Gasteiger partial charge is 0.508 e. The summed E-state index contributed by atoms with van der Waals surface area (Å²) in [5.41, 5.74) is 7.02. The molecular weight excluding hydrogens is 622 g/mol. The molecule has 4 aromatic carbocycles. The van der Waals surface area contributed by atoms with Gasteiger partial charge in [-0.15, -0.1) is 0 Å². The van der Waals surface area contributed by atoms with Crippen molar-refractivity contribution in [2.45, 2.75) is 38.1 Å². The molecule has 254 valence electrons. The molecule has 1 amide bonds. The van der Waals surface area contributed by atoms with Gasteiger partial charge in [0, 0.05) is 87.1 Å². The van der Waals surface area contributed by atoms with Crippen LogP contribution in [0.2, 0.25) is 0 Å². The number of fused-ring (bicyclic) bond motifs is 2. The summed E-state index contributed by atoms with van der Waals surface area (Å²) < 4.78 is 35.2. The summed E-state index contributed by atoms with van der Waals surface area (Å²) in [4.78, 5) is 19.0. The molecule has 0 spiro atoms. The Morgan fingerprint density at radius 1 is 0.837 bits per heavy atom. The number of halogens is 2. The van der Waals surface area contributed by atoms with Crippen LogP contribution in [0, 0.1) is 24.5 Å². The van der Waals surface area contributed by atoms with Crippen LogP contribution in [0.1, 0.15) is 62.9 Å². The molecule has 0 saturated carbocycles. The summed E-state index contributed by atoms with van der Waals surface area (Å²) in [7, 11) is 0. The first kappa shape index (κ1) is 31.6. The number of aryl methyl sites for hydroxylation is 1. The lowest BCUT2D eigenvalue weighted by Gasteiger charge is -2.40. The Kier molecular flexibility index (Phi) is 8.39. The summed E-state index contributed by atoms with van der Waals surface area (Å²) in [6.45, 7) is 9.16. The zero-order chi connectivity index (χ0) is 33.6. The van der Waals surface area contributed by atoms with Gasteiger partial charge >= 0.3 is 0 Å². The number of piperazine rings is 1. The van der Waals surface area contributed by atoms with Crippen molar-refractivity contribution in [2.24, 2.45) is 5.92 Å². The summed E-state index contributed by atoms with van der Waals surface area (Å²) >= 11 is 0. The predicted octanol–water partition coefficient (Wildman–Crippen LogP) is 6.57. The zero-order valence-electron chi connectivity index (χ0n) is 27.8. The van der Waals surface area contributed by atoms with Gasteiger partial charge in [-0.25, -0.2) is 8.78 Å². The number of phenols is 1. The van der Waals surface area contributed by atoms with Gasteiger partial charge in [-0.1, -0.05) is 30.3 Å². The van der Waals surface area contributed by atoms with Crippen molar-refractivity contribution in [3.8, 4) is 11.5 Å². The highest BCUT2D eigenvalue weighted by Crippen LogP contribution is 2.47. The van der Waals surface area contributed by atoms with E-state index in [0.29, 0.717) is 41.6 Å². The molecule has 2 atom stereocenters. The van der Waals surface area contributed by atoms with Gasteiger partial charge in [0.2, 0.25) is 0 Å². The summed E-state index contributed by atoms with van der Waals surface area (Å²) in [5.74, 6) is 0.805. The molecule has 0 unspecified atom stereocenters. The Hall–Kier alpha value is -4.63. The zero-order valence-corrected chi connectivity index (χ0v) is 27.8. The molecule has 4 aromatic rings. The second kappa shape index (κ2) is 13.0. The van der Waals surface area contributed by atoms with Gasteiger partial charge in [-0.05, 0) is 84.3 Å². The number of carbonyl (C=O) groups is 1. The lowest BCUT2D eigenvalue weighted by atomic mass is 9.75. The molecule has 2 saturated heterocycles. The molecule has 0 aromatic heterocycles. The lowest BCUT2D eigenvalue weighted by Crippen LogP contribution is -2.49. The number of piperidine rings is 1. The van der Waals surface area contributed by atoms with Crippen molar-refractivity contribution in [1.82, 2.24) is 10.2 Å². The third-order valence-corrected chi connectivity index (χ3v) is 11.1. The Morgan fingerprint density at radius 3 is 2.35 bits per heavy atom. The van der Waals surface area contributed by atoms with Gasteiger partial charge in [0.25, 0.3) is 5.91 Å². The minimum Gasteiger partial charge on any atom is -0.508 e. The van der Waals surface area contributed by atoms with Crippen LogP contribution in [0.3, 0.4) is 0 Å². The van der Waals surface area contributed by atoms with E-state index in [-0.39, 0.29) is 35.1 Å². The smallest absolute Gasteiger partial charge is 0.252 e. The number of benzene rings is 4. The fourth-order valence-corrected chi connectivity index (χ4v) is 8.28. The Balaban J connectivity index is 0.892. The number of hydrogen-bond donors (Lipinski definition) is 2. The van der Waals surface area contributed by atoms with E-state index >= 15 is 0 Å². The first-order chi connectivity index (χ1) is 23.8. The maximum Gasteiger partial charge on any atom is 0.252 e. The van der Waals surface area contributed by atoms with E-state index in [1.54, 1.807) is 25.1 Å². The number of hydrogen-bond acceptors (Lipinski definition) is 6. The molecule has 4 heterocycles. The third-order valence-electron chi connectivity index (χ3n) is 11.1. The number of nitrogens with zero attached hydrogens (tertiary/aromatic N) is 3. The summed E-state index contributed by atoms with van der Waals surface area (Å²) in [6.07, 6.45) is 2.26. The SMILES string of the molecule is Cc1cc([C@H]2COc3cc(O)ccc3[C@H]2c2ccc(N3CCC(CN4CCN(c5cc6c(cc5F)C(=O)NC6)CC4)CC3)cc2)ccc1F. The van der Waals surface area contributed by atoms with Crippen molar-refractivity contribution < 1.29 is 23.4 Å². The van der Waals surface area contributed by atoms with E-state index in [4.69, 9.17) is 4.74 Å². The van der Waals surface area contributed by atoms with Crippen LogP contribution in [0.5, 0.6) is 11.5 Å². The number of ether oxygens (including phenoxy) is 1. The molecule has 2 N–H and O–H groups in total. The second-order valence-corrected chi connectivity index (χ2v) is 14.1. The first-order valence-electron chi connectivity index (χ1n) is 17.5. The number of aromatic hydroxyl groups is 1. The fraction of sp³-hybridized carbons (Fsp3) is 0.375. The van der Waals surface area contributed by atoms with Crippen LogP contribution in [-0.2, 0) is 6.54 Å². The van der Waals surface area contributed by atoms with Gasteiger partial charge in [0.15, 0.2) is 0 Å². The van der Waals surface area contributed by atoms with E-state index < -0.39 is 0 Å². The van der Waals surface area contributed by atoms with Gasteiger partial charge in [0.05, 0.1) is 12.3 Å². The molecule has 7 nitrogen and oxygen atoms in total. The van der Waals surface area contributed by atoms with Crippen molar-refractivity contribution in [2.75, 3.05) is 62.2 Å². The number of nitrogens with one attached hydrogen (secondary N) is 1. The van der Waals surface area contributed by atoms with Gasteiger partial charge in [0.1, 0.15) is 23.1 Å². The van der Waals surface area contributed by atoms with Crippen LogP contribution >= 0.6 is 0 Å². The Morgan fingerprint density at radius 2 is 1.59 bits per heavy atom. The molecule has 0 radical (unpaired) electrons. The van der Waals surface area contributed by atoms with Crippen LogP contribution in [-0.4, -0.2) is 68.3 Å². The van der Waals surface area contributed by atoms with Crippen molar-refractivity contribution in [3.63, 3.8) is 0 Å². The van der Waals surface area contributed by atoms with Gasteiger partial charge in [-0.2, -0.15) is 0 Å². The van der Waals surface area contributed by atoms with Gasteiger partial charge < -0.3 is 25.0 Å². The number of phenolic OH excluding ortho intramolecular Hbond substituents is 1. The van der Waals surface area contributed by atoms with Crippen molar-refractivity contribution in [3.05, 3.63) is 118 Å². The molecule has 49 heavy (non-hydrogen) atoms. The first-order valence-corrected chi connectivity index (χ1v) is 17.5. The molecular formula is C40H42F2N4O3. The monoisotopic (exact) mass is 664 g/mol. The Labute approximate surface area is 286 Å². The molecule has 8 rings (SSSR count). The van der Waals surface area contributed by atoms with Crippen LogP contribution in [0.15, 0.2) is 72.8 Å². The molecule has 4 aliphatic rings. The highest BCUT2D eigenvalue weighted by molar-refractivity contribution is 5.98. The number of anilines is 2. The fourth-order valence-electron chi connectivity index (χ4n) is 8.28. The van der Waals surface area contributed by atoms with E-state index in [0.717, 1.165) is 75.3 Å². The van der Waals surface area contributed by atoms with Gasteiger partial charge in [-0.3, -0.25) is 9.69 Å². The Bertz CT molecular complexity index is 1870. The average molecular weight is 665 g/mol. The van der Waals surface area contributed by atoms with E-state index in [9.17, 15) is 18.7 Å². The van der Waals surface area contributed by atoms with E-state index in [2.05, 4.69) is 44.3 Å². The van der Waals surface area contributed by atoms with E-state index in [1.807, 2.05) is 24.3 Å². The van der Waals surface area contributed by atoms with Crippen molar-refractivity contribution >= 4 is 17.3 Å². The quantitative estimate of drug-likeness (QED) is 0.243. The molecule has 0 aliphatic carbocycles. The van der Waals surface area contributed by atoms with Crippen LogP contribution in [0.4, 0.5) is 20.2 Å². The second-order valence-electron chi connectivity index (χ2n) is 14.1. The topological polar surface area (TPSA) is 68.3 Å². The minimum absolute atomic E-state index is 0.00913. The standard InChI is InChI=1S/C40H42F2N4O3/c1-25-18-28(4-9-35(25)41)34-24-49-38-20-31(47)7-8-32(38)39(34)27-2-5-30(6-3-27)45-12-10-26(11-13-45)23-44-14-16-46(17-15-44)37-19-29-22-43-40(48)33(29)21-36(37)42/h2-9,18-21,26,34,39,47H,10-17,22-24H2,1H3,(H,43,48)/t34-,39-/m1/s1. The molecule has 9 heteroatoms. The summed E-state index contributed by atoms with van der Waals surface area (Å²) in [5, 5.41) is 12.9. The molecule has 2 fully saturated rings. The maximum atomic E-state index is 14.9. The average Bonchev–Trinajstić information content (AvgIpc) is 3.48. The normalized spacial score (nSPS) is 21.2. The number of carbonyl (C=O) groups excluding carboxylic acids is 1. The summed E-state index contributed by atoms with van der Waals surface area (Å²) in [6, 6.07) is 22.8. The molecule has 0 bridgehead atoms. The number of rotatable bonds is 6. The van der Waals surface area contributed by atoms with Crippen molar-refractivity contribution in [1.29, 1.82) is 0 Å². The number of amides is 1. The molecule has 4 aliphatic heterocycles. The lowest BCUT2D eigenvalue weighted by molar-refractivity contribution is 0.0965. The van der Waals surface area contributed by atoms with Crippen LogP contribution in [0.25, 0.3) is 0 Å².